The van der Waals surface area contributed by atoms with Crippen LogP contribution in [0.4, 0.5) is 11.5 Å². The first-order valence-corrected chi connectivity index (χ1v) is 5.78. The maximum atomic E-state index is 10.5. The van der Waals surface area contributed by atoms with Crippen LogP contribution in [0.2, 0.25) is 0 Å². The fourth-order valence-electron chi connectivity index (χ4n) is 1.32. The fraction of sp³-hybridized carbons (Fsp3) is 0.545. The number of hydrogen-bond acceptors (Lipinski definition) is 6. The number of ether oxygens (including phenoxy) is 1. The van der Waals surface area contributed by atoms with Gasteiger partial charge in [-0.1, -0.05) is 13.8 Å². The highest BCUT2D eigenvalue weighted by Crippen LogP contribution is 2.21. The number of rotatable bonds is 7. The number of aromatic nitrogens is 1. The summed E-state index contributed by atoms with van der Waals surface area (Å²) in [5.74, 6) is 0.181. The zero-order valence-corrected chi connectivity index (χ0v) is 10.5. The first kappa shape index (κ1) is 14.2. The van der Waals surface area contributed by atoms with Gasteiger partial charge >= 0.3 is 5.69 Å². The van der Waals surface area contributed by atoms with Crippen LogP contribution in [-0.2, 0) is 0 Å². The lowest BCUT2D eigenvalue weighted by Crippen LogP contribution is -2.24. The highest BCUT2D eigenvalue weighted by Gasteiger charge is 2.13. The number of nitrogens with zero attached hydrogens (tertiary/aromatic N) is 2. The Morgan fingerprint density at radius 2 is 2.28 bits per heavy atom. The van der Waals surface area contributed by atoms with Gasteiger partial charge in [-0.05, 0) is 13.0 Å². The number of anilines is 1. The summed E-state index contributed by atoms with van der Waals surface area (Å²) in [6.45, 7) is 5.48. The molecule has 0 atom stereocenters. The zero-order chi connectivity index (χ0) is 13.5. The van der Waals surface area contributed by atoms with Gasteiger partial charge in [0.15, 0.2) is 0 Å². The predicted octanol–water partition coefficient (Wildman–Crippen LogP) is 1.34. The summed E-state index contributed by atoms with van der Waals surface area (Å²) < 4.78 is 5.35. The van der Waals surface area contributed by atoms with Gasteiger partial charge in [0.05, 0.1) is 11.5 Å². The summed E-state index contributed by atoms with van der Waals surface area (Å²) in [6.07, 6.45) is 0.830. The average Bonchev–Trinajstić information content (AvgIpc) is 2.27. The van der Waals surface area contributed by atoms with Gasteiger partial charge < -0.3 is 15.8 Å². The molecule has 0 aromatic carbocycles. The van der Waals surface area contributed by atoms with Crippen LogP contribution in [0.15, 0.2) is 12.1 Å². The SMILES string of the molecule is CC(C)NCCCOc1ccc([N+](=O)[O-])c(N)n1. The molecule has 0 amide bonds. The van der Waals surface area contributed by atoms with E-state index in [9.17, 15) is 10.1 Å². The number of pyridine rings is 1. The molecule has 1 aromatic heterocycles. The van der Waals surface area contributed by atoms with Crippen molar-refractivity contribution in [3.05, 3.63) is 22.2 Å². The van der Waals surface area contributed by atoms with Gasteiger partial charge in [-0.3, -0.25) is 10.1 Å². The minimum absolute atomic E-state index is 0.127. The highest BCUT2D eigenvalue weighted by molar-refractivity contribution is 5.53. The Kier molecular flexibility index (Phi) is 5.31. The van der Waals surface area contributed by atoms with Gasteiger partial charge in [-0.25, -0.2) is 0 Å². The summed E-state index contributed by atoms with van der Waals surface area (Å²) >= 11 is 0. The quantitative estimate of drug-likeness (QED) is 0.432. The molecule has 7 heteroatoms. The van der Waals surface area contributed by atoms with Crippen LogP contribution in [0.1, 0.15) is 20.3 Å². The summed E-state index contributed by atoms with van der Waals surface area (Å²) in [6, 6.07) is 3.19. The van der Waals surface area contributed by atoms with Crippen LogP contribution >= 0.6 is 0 Å². The molecule has 0 aliphatic carbocycles. The Bertz CT molecular complexity index is 409. The van der Waals surface area contributed by atoms with E-state index in [1.54, 1.807) is 0 Å². The van der Waals surface area contributed by atoms with Crippen molar-refractivity contribution in [2.45, 2.75) is 26.3 Å². The van der Waals surface area contributed by atoms with Crippen molar-refractivity contribution in [1.82, 2.24) is 10.3 Å². The highest BCUT2D eigenvalue weighted by atomic mass is 16.6. The summed E-state index contributed by atoms with van der Waals surface area (Å²) in [4.78, 5) is 13.8. The van der Waals surface area contributed by atoms with E-state index >= 15 is 0 Å². The molecule has 1 aromatic rings. The Balaban J connectivity index is 2.39. The van der Waals surface area contributed by atoms with Gasteiger partial charge in [-0.15, -0.1) is 0 Å². The third-order valence-electron chi connectivity index (χ3n) is 2.20. The molecule has 1 heterocycles. The van der Waals surface area contributed by atoms with E-state index in [4.69, 9.17) is 10.5 Å². The molecule has 0 saturated heterocycles. The van der Waals surface area contributed by atoms with Crippen LogP contribution in [0, 0.1) is 10.1 Å². The number of nitrogens with one attached hydrogen (secondary N) is 1. The molecule has 0 saturated carbocycles. The monoisotopic (exact) mass is 254 g/mol. The minimum Gasteiger partial charge on any atom is -0.478 e. The molecule has 0 unspecified atom stereocenters. The molecule has 0 bridgehead atoms. The van der Waals surface area contributed by atoms with E-state index in [0.29, 0.717) is 18.5 Å². The van der Waals surface area contributed by atoms with Crippen LogP contribution in [0.3, 0.4) is 0 Å². The van der Waals surface area contributed by atoms with Crippen molar-refractivity contribution in [2.75, 3.05) is 18.9 Å². The van der Waals surface area contributed by atoms with Crippen molar-refractivity contribution >= 4 is 11.5 Å². The molecular formula is C11H18N4O3. The van der Waals surface area contributed by atoms with E-state index in [2.05, 4.69) is 24.1 Å². The van der Waals surface area contributed by atoms with Crippen molar-refractivity contribution in [3.8, 4) is 5.88 Å². The molecule has 0 fully saturated rings. The minimum atomic E-state index is -0.571. The standard InChI is InChI=1S/C11H18N4O3/c1-8(2)13-6-3-7-18-10-5-4-9(15(16)17)11(12)14-10/h4-5,8,13H,3,6-7H2,1-2H3,(H2,12,14). The second-order valence-corrected chi connectivity index (χ2v) is 4.12. The van der Waals surface area contributed by atoms with Gasteiger partial charge in [0, 0.05) is 18.2 Å². The van der Waals surface area contributed by atoms with Crippen molar-refractivity contribution in [1.29, 1.82) is 0 Å². The number of hydrogen-bond donors (Lipinski definition) is 2. The van der Waals surface area contributed by atoms with Crippen LogP contribution in [0.25, 0.3) is 0 Å². The topological polar surface area (TPSA) is 103 Å². The van der Waals surface area contributed by atoms with E-state index in [1.807, 2.05) is 0 Å². The Morgan fingerprint density at radius 3 is 2.83 bits per heavy atom. The molecule has 1 rings (SSSR count). The summed E-state index contributed by atoms with van der Waals surface area (Å²) in [5.41, 5.74) is 5.24. The van der Waals surface area contributed by atoms with Crippen LogP contribution in [-0.4, -0.2) is 29.1 Å². The third-order valence-corrected chi connectivity index (χ3v) is 2.20. The Morgan fingerprint density at radius 1 is 1.56 bits per heavy atom. The van der Waals surface area contributed by atoms with E-state index in [0.717, 1.165) is 13.0 Å². The Hall–Kier alpha value is -1.89. The van der Waals surface area contributed by atoms with Crippen LogP contribution in [0.5, 0.6) is 5.88 Å². The van der Waals surface area contributed by atoms with Crippen molar-refractivity contribution < 1.29 is 9.66 Å². The average molecular weight is 254 g/mol. The van der Waals surface area contributed by atoms with E-state index in [1.165, 1.54) is 12.1 Å². The normalized spacial score (nSPS) is 10.6. The maximum Gasteiger partial charge on any atom is 0.311 e. The third kappa shape index (κ3) is 4.54. The molecule has 0 spiro atoms. The van der Waals surface area contributed by atoms with Gasteiger partial charge in [-0.2, -0.15) is 4.98 Å². The maximum absolute atomic E-state index is 10.5. The van der Waals surface area contributed by atoms with Crippen LogP contribution < -0.4 is 15.8 Å². The van der Waals surface area contributed by atoms with Gasteiger partial charge in [0.1, 0.15) is 0 Å². The summed E-state index contributed by atoms with van der Waals surface area (Å²) in [7, 11) is 0. The first-order valence-electron chi connectivity index (χ1n) is 5.78. The fourth-order valence-corrected chi connectivity index (χ4v) is 1.32. The van der Waals surface area contributed by atoms with E-state index in [-0.39, 0.29) is 11.5 Å². The largest absolute Gasteiger partial charge is 0.478 e. The Labute approximate surface area is 105 Å². The molecular weight excluding hydrogens is 236 g/mol. The smallest absolute Gasteiger partial charge is 0.311 e. The van der Waals surface area contributed by atoms with Gasteiger partial charge in [0.2, 0.25) is 11.7 Å². The number of nitro groups is 1. The van der Waals surface area contributed by atoms with E-state index < -0.39 is 4.92 Å². The molecule has 3 N–H and O–H groups in total. The van der Waals surface area contributed by atoms with Crippen molar-refractivity contribution in [3.63, 3.8) is 0 Å². The zero-order valence-electron chi connectivity index (χ0n) is 10.5. The molecule has 0 aliphatic rings. The van der Waals surface area contributed by atoms with Gasteiger partial charge in [0.25, 0.3) is 0 Å². The lowest BCUT2D eigenvalue weighted by Gasteiger charge is -2.08. The predicted molar refractivity (Wildman–Crippen MR) is 68.6 cm³/mol. The second kappa shape index (κ2) is 6.75. The number of nitrogen functional groups attached to an aromatic ring is 1. The molecule has 7 nitrogen and oxygen atoms in total. The first-order chi connectivity index (χ1) is 8.50. The second-order valence-electron chi connectivity index (χ2n) is 4.12. The lowest BCUT2D eigenvalue weighted by atomic mass is 10.3. The van der Waals surface area contributed by atoms with Crippen molar-refractivity contribution in [2.24, 2.45) is 0 Å². The summed E-state index contributed by atoms with van der Waals surface area (Å²) in [5, 5.41) is 13.8. The molecule has 0 aliphatic heterocycles. The molecule has 0 radical (unpaired) electrons. The molecule has 18 heavy (non-hydrogen) atoms. The number of nitrogens with two attached hydrogens (primary N) is 1. The molecule has 100 valence electrons. The lowest BCUT2D eigenvalue weighted by molar-refractivity contribution is -0.384.